The van der Waals surface area contributed by atoms with Gasteiger partial charge in [-0.1, -0.05) is 31.4 Å². The van der Waals surface area contributed by atoms with E-state index >= 15 is 0 Å². The number of nitro groups is 1. The van der Waals surface area contributed by atoms with E-state index in [0.717, 1.165) is 48.7 Å². The van der Waals surface area contributed by atoms with E-state index in [4.69, 9.17) is 9.47 Å². The average molecular weight is 577 g/mol. The summed E-state index contributed by atoms with van der Waals surface area (Å²) >= 11 is 0. The molecule has 1 aliphatic rings. The lowest BCUT2D eigenvalue weighted by molar-refractivity contribution is -0.384. The molecule has 0 bridgehead atoms. The van der Waals surface area contributed by atoms with Crippen LogP contribution in [0.1, 0.15) is 44.6 Å². The van der Waals surface area contributed by atoms with E-state index in [1.807, 2.05) is 0 Å². The topological polar surface area (TPSA) is 148 Å². The third kappa shape index (κ3) is 7.84. The third-order valence-corrected chi connectivity index (χ3v) is 8.05. The van der Waals surface area contributed by atoms with E-state index < -0.39 is 33.4 Å². The van der Waals surface area contributed by atoms with Gasteiger partial charge < -0.3 is 19.7 Å². The molecule has 2 aromatic rings. The number of ether oxygens (including phenoxy) is 2. The summed E-state index contributed by atoms with van der Waals surface area (Å²) in [5.74, 6) is -0.426. The maximum atomic E-state index is 13.8. The molecule has 0 heterocycles. The Morgan fingerprint density at radius 3 is 2.40 bits per heavy atom. The summed E-state index contributed by atoms with van der Waals surface area (Å²) in [6.45, 7) is 0.884. The molecule has 0 saturated heterocycles. The van der Waals surface area contributed by atoms with Crippen LogP contribution in [0.3, 0.4) is 0 Å². The Morgan fingerprint density at radius 1 is 1.10 bits per heavy atom. The van der Waals surface area contributed by atoms with Crippen molar-refractivity contribution in [3.8, 4) is 11.5 Å². The Balaban J connectivity index is 1.97. The van der Waals surface area contributed by atoms with Crippen molar-refractivity contribution >= 4 is 33.2 Å². The number of benzene rings is 2. The molecule has 1 fully saturated rings. The monoisotopic (exact) mass is 576 g/mol. The van der Waals surface area contributed by atoms with Gasteiger partial charge in [-0.05, 0) is 43.5 Å². The zero-order valence-corrected chi connectivity index (χ0v) is 24.0. The van der Waals surface area contributed by atoms with Crippen LogP contribution in [0.4, 0.5) is 11.4 Å². The van der Waals surface area contributed by atoms with Crippen LogP contribution < -0.4 is 19.1 Å². The molecule has 0 unspecified atom stereocenters. The van der Waals surface area contributed by atoms with E-state index in [1.54, 1.807) is 31.2 Å². The van der Waals surface area contributed by atoms with Crippen LogP contribution in [-0.2, 0) is 26.2 Å². The Kier molecular flexibility index (Phi) is 10.3. The Hall–Kier alpha value is -3.87. The summed E-state index contributed by atoms with van der Waals surface area (Å²) in [6, 6.07) is 9.56. The Bertz CT molecular complexity index is 1330. The lowest BCUT2D eigenvalue weighted by atomic mass is 9.95. The normalized spacial score (nSPS) is 14.6. The molecule has 0 radical (unpaired) electrons. The predicted octanol–water partition coefficient (Wildman–Crippen LogP) is 3.24. The maximum absolute atomic E-state index is 13.8. The molecule has 1 N–H and O–H groups in total. The highest BCUT2D eigenvalue weighted by Crippen LogP contribution is 2.34. The number of anilines is 1. The zero-order valence-electron chi connectivity index (χ0n) is 23.2. The fourth-order valence-corrected chi connectivity index (χ4v) is 5.55. The molecule has 13 heteroatoms. The average Bonchev–Trinajstić information content (AvgIpc) is 2.93. The number of non-ortho nitro benzene ring substituents is 1. The summed E-state index contributed by atoms with van der Waals surface area (Å²) in [7, 11) is -1.31. The highest BCUT2D eigenvalue weighted by molar-refractivity contribution is 7.92. The van der Waals surface area contributed by atoms with Gasteiger partial charge in [0.05, 0.1) is 25.4 Å². The summed E-state index contributed by atoms with van der Waals surface area (Å²) in [6.07, 6.45) is 5.75. The molecule has 2 amide bonds. The van der Waals surface area contributed by atoms with Crippen molar-refractivity contribution in [2.45, 2.75) is 57.7 Å². The molecule has 0 aromatic heterocycles. The lowest BCUT2D eigenvalue weighted by Gasteiger charge is -2.33. The zero-order chi connectivity index (χ0) is 29.4. The van der Waals surface area contributed by atoms with Gasteiger partial charge in [-0.3, -0.25) is 24.0 Å². The van der Waals surface area contributed by atoms with Crippen LogP contribution in [0.15, 0.2) is 42.5 Å². The first-order chi connectivity index (χ1) is 18.9. The Morgan fingerprint density at radius 2 is 1.80 bits per heavy atom. The Labute approximate surface area is 234 Å². The summed E-state index contributed by atoms with van der Waals surface area (Å²) in [5, 5.41) is 14.4. The van der Waals surface area contributed by atoms with E-state index in [2.05, 4.69) is 5.32 Å². The SMILES string of the molecule is COc1cccc(CN(C(=O)CN(c2cc([N+](=O)[O-])ccc2OC)S(C)(=O)=O)[C@H](C)C(=O)NC2CCCCC2)c1. The minimum absolute atomic E-state index is 0.00103. The van der Waals surface area contributed by atoms with Crippen LogP contribution in [-0.4, -0.2) is 69.2 Å². The molecular weight excluding hydrogens is 540 g/mol. The number of hydrogen-bond acceptors (Lipinski definition) is 8. The number of carbonyl (C=O) groups is 2. The number of carbonyl (C=O) groups excluding carboxylic acids is 2. The van der Waals surface area contributed by atoms with Gasteiger partial charge in [-0.2, -0.15) is 0 Å². The van der Waals surface area contributed by atoms with E-state index in [0.29, 0.717) is 11.3 Å². The van der Waals surface area contributed by atoms with Crippen LogP contribution in [0.5, 0.6) is 11.5 Å². The highest BCUT2D eigenvalue weighted by atomic mass is 32.2. The molecular formula is C27H36N4O8S. The van der Waals surface area contributed by atoms with Gasteiger partial charge in [0.15, 0.2) is 0 Å². The van der Waals surface area contributed by atoms with Crippen LogP contribution in [0, 0.1) is 10.1 Å². The summed E-state index contributed by atoms with van der Waals surface area (Å²) in [4.78, 5) is 39.1. The van der Waals surface area contributed by atoms with Crippen molar-refractivity contribution in [3.05, 3.63) is 58.1 Å². The van der Waals surface area contributed by atoms with Crippen LogP contribution >= 0.6 is 0 Å². The van der Waals surface area contributed by atoms with E-state index in [9.17, 15) is 28.1 Å². The number of nitrogens with one attached hydrogen (secondary N) is 1. The first kappa shape index (κ1) is 30.7. The molecule has 0 aliphatic heterocycles. The van der Waals surface area contributed by atoms with Crippen LogP contribution in [0.2, 0.25) is 0 Å². The number of methoxy groups -OCH3 is 2. The molecule has 1 saturated carbocycles. The molecule has 40 heavy (non-hydrogen) atoms. The summed E-state index contributed by atoms with van der Waals surface area (Å²) in [5.41, 5.74) is 0.141. The van der Waals surface area contributed by atoms with Crippen molar-refractivity contribution in [2.75, 3.05) is 31.3 Å². The van der Waals surface area contributed by atoms with Crippen LogP contribution in [0.25, 0.3) is 0 Å². The largest absolute Gasteiger partial charge is 0.497 e. The number of nitro benzene ring substituents is 1. The van der Waals surface area contributed by atoms with Gasteiger partial charge in [0, 0.05) is 24.7 Å². The van der Waals surface area contributed by atoms with Crippen molar-refractivity contribution in [1.82, 2.24) is 10.2 Å². The van der Waals surface area contributed by atoms with Gasteiger partial charge in [0.1, 0.15) is 29.8 Å². The second-order valence-corrected chi connectivity index (χ2v) is 11.7. The van der Waals surface area contributed by atoms with Gasteiger partial charge in [-0.25, -0.2) is 8.42 Å². The predicted molar refractivity (Wildman–Crippen MR) is 150 cm³/mol. The fourth-order valence-electron chi connectivity index (χ4n) is 4.70. The lowest BCUT2D eigenvalue weighted by Crippen LogP contribution is -2.53. The first-order valence-electron chi connectivity index (χ1n) is 13.0. The highest BCUT2D eigenvalue weighted by Gasteiger charge is 2.32. The minimum atomic E-state index is -4.11. The number of rotatable bonds is 12. The third-order valence-electron chi connectivity index (χ3n) is 6.93. The van der Waals surface area contributed by atoms with Crippen molar-refractivity contribution in [3.63, 3.8) is 0 Å². The number of sulfonamides is 1. The fraction of sp³-hybridized carbons (Fsp3) is 0.481. The van der Waals surface area contributed by atoms with Gasteiger partial charge >= 0.3 is 0 Å². The molecule has 0 spiro atoms. The summed E-state index contributed by atoms with van der Waals surface area (Å²) < 4.78 is 37.1. The first-order valence-corrected chi connectivity index (χ1v) is 14.8. The van der Waals surface area contributed by atoms with Gasteiger partial charge in [0.25, 0.3) is 5.69 Å². The molecule has 1 aliphatic carbocycles. The number of nitrogens with zero attached hydrogens (tertiary/aromatic N) is 3. The maximum Gasteiger partial charge on any atom is 0.271 e. The smallest absolute Gasteiger partial charge is 0.271 e. The minimum Gasteiger partial charge on any atom is -0.497 e. The number of hydrogen-bond donors (Lipinski definition) is 1. The van der Waals surface area contributed by atoms with Crippen molar-refractivity contribution in [2.24, 2.45) is 0 Å². The van der Waals surface area contributed by atoms with Crippen molar-refractivity contribution < 1.29 is 32.4 Å². The quantitative estimate of drug-likeness (QED) is 0.299. The molecule has 1 atom stereocenters. The molecule has 218 valence electrons. The standard InChI is InChI=1S/C27H36N4O8S/c1-19(27(33)28-21-10-6-5-7-11-21)29(17-20-9-8-12-23(15-20)38-2)26(32)18-30(40(4,36)37)24-16-22(31(34)35)13-14-25(24)39-3/h8-9,12-16,19,21H,5-7,10-11,17-18H2,1-4H3,(H,28,33)/t19-/m1/s1. The van der Waals surface area contributed by atoms with E-state index in [-0.39, 0.29) is 35.6 Å². The molecule has 2 aromatic carbocycles. The van der Waals surface area contributed by atoms with E-state index in [1.165, 1.54) is 31.3 Å². The number of amides is 2. The second-order valence-electron chi connectivity index (χ2n) is 9.78. The molecule has 12 nitrogen and oxygen atoms in total. The second kappa shape index (κ2) is 13.5. The molecule has 3 rings (SSSR count). The van der Waals surface area contributed by atoms with Gasteiger partial charge in [-0.15, -0.1) is 0 Å². The van der Waals surface area contributed by atoms with Crippen molar-refractivity contribution in [1.29, 1.82) is 0 Å². The van der Waals surface area contributed by atoms with Gasteiger partial charge in [0.2, 0.25) is 21.8 Å².